The summed E-state index contributed by atoms with van der Waals surface area (Å²) in [6.45, 7) is 0.700. The number of halogens is 3. The van der Waals surface area contributed by atoms with Crippen LogP contribution in [-0.4, -0.2) is 27.5 Å². The summed E-state index contributed by atoms with van der Waals surface area (Å²) in [6.07, 6.45) is -0.880. The Labute approximate surface area is 120 Å². The second-order valence-electron chi connectivity index (χ2n) is 5.62. The van der Waals surface area contributed by atoms with Crippen LogP contribution in [0.4, 0.5) is 13.2 Å². The van der Waals surface area contributed by atoms with E-state index in [0.717, 1.165) is 25.7 Å². The summed E-state index contributed by atoms with van der Waals surface area (Å²) in [6, 6.07) is 10.3. The van der Waals surface area contributed by atoms with Gasteiger partial charge in [0.2, 0.25) is 0 Å². The van der Waals surface area contributed by atoms with Crippen molar-refractivity contribution < 1.29 is 17.9 Å². The summed E-state index contributed by atoms with van der Waals surface area (Å²) in [4.78, 5) is 0. The van der Waals surface area contributed by atoms with E-state index in [0.29, 0.717) is 6.61 Å². The number of hydrogen-bond donors (Lipinski definition) is 0. The molecule has 1 fully saturated rings. The first-order valence-corrected chi connectivity index (χ1v) is 8.95. The first-order chi connectivity index (χ1) is 9.49. The Morgan fingerprint density at radius 2 is 1.90 bits per heavy atom. The van der Waals surface area contributed by atoms with Crippen LogP contribution in [0.15, 0.2) is 30.3 Å². The molecule has 1 heterocycles. The van der Waals surface area contributed by atoms with Gasteiger partial charge < -0.3 is 4.74 Å². The fourth-order valence-electron chi connectivity index (χ4n) is 2.91. The van der Waals surface area contributed by atoms with Crippen LogP contribution >= 0.6 is 0 Å². The van der Waals surface area contributed by atoms with E-state index in [1.54, 1.807) is 0 Å². The van der Waals surface area contributed by atoms with Crippen molar-refractivity contribution in [3.63, 3.8) is 0 Å². The summed E-state index contributed by atoms with van der Waals surface area (Å²) in [7, 11) is -0.907. The van der Waals surface area contributed by atoms with Gasteiger partial charge in [-0.15, -0.1) is 0 Å². The van der Waals surface area contributed by atoms with Gasteiger partial charge in [-0.2, -0.15) is 13.2 Å². The fourth-order valence-corrected chi connectivity index (χ4v) is 5.39. The Morgan fingerprint density at radius 1 is 1.15 bits per heavy atom. The third-order valence-corrected chi connectivity index (χ3v) is 6.32. The van der Waals surface area contributed by atoms with Crippen LogP contribution in [0.25, 0.3) is 0 Å². The lowest BCUT2D eigenvalue weighted by Crippen LogP contribution is -2.44. The maximum absolute atomic E-state index is 12.3. The molecule has 1 atom stereocenters. The van der Waals surface area contributed by atoms with Crippen LogP contribution < -0.4 is 0 Å². The zero-order chi connectivity index (χ0) is 14.5. The molecular formula is C15H21F3OSi. The Kier molecular flexibility index (Phi) is 5.27. The van der Waals surface area contributed by atoms with Crippen molar-refractivity contribution in [3.8, 4) is 0 Å². The molecule has 1 aliphatic rings. The van der Waals surface area contributed by atoms with E-state index >= 15 is 0 Å². The molecule has 0 radical (unpaired) electrons. The van der Waals surface area contributed by atoms with Crippen LogP contribution in [0.1, 0.15) is 31.2 Å². The largest absolute Gasteiger partial charge is 0.388 e. The van der Waals surface area contributed by atoms with Crippen molar-refractivity contribution in [2.45, 2.75) is 49.5 Å². The predicted octanol–water partition coefficient (Wildman–Crippen LogP) is 3.67. The van der Waals surface area contributed by atoms with Gasteiger partial charge in [-0.25, -0.2) is 0 Å². The van der Waals surface area contributed by atoms with E-state index in [1.165, 1.54) is 5.56 Å². The molecule has 1 aliphatic heterocycles. The molecule has 0 amide bonds. The van der Waals surface area contributed by atoms with E-state index < -0.39 is 22.1 Å². The van der Waals surface area contributed by atoms with Crippen LogP contribution in [-0.2, 0) is 11.2 Å². The van der Waals surface area contributed by atoms with E-state index in [9.17, 15) is 13.2 Å². The van der Waals surface area contributed by atoms with Gasteiger partial charge in [-0.1, -0.05) is 36.4 Å². The van der Waals surface area contributed by atoms with Gasteiger partial charge in [-0.05, 0) is 31.2 Å². The molecule has 1 aromatic carbocycles. The van der Waals surface area contributed by atoms with Crippen molar-refractivity contribution in [3.05, 3.63) is 35.9 Å². The van der Waals surface area contributed by atoms with Crippen molar-refractivity contribution in [2.75, 3.05) is 6.61 Å². The van der Waals surface area contributed by atoms with Gasteiger partial charge in [0.25, 0.3) is 0 Å². The molecule has 1 nitrogen and oxygen atoms in total. The standard InChI is InChI=1S/C15H21F3OSi/c16-15(17,18)9-11-20-14(8-4-5-10-19-14)12-13-6-2-1-3-7-13/h1-3,6-7H,4-5,8-12,20H2. The molecule has 112 valence electrons. The maximum Gasteiger partial charge on any atom is 0.388 e. The summed E-state index contributed by atoms with van der Waals surface area (Å²) in [5, 5.41) is -0.259. The average molecular weight is 302 g/mol. The minimum absolute atomic E-state index is 0.259. The highest BCUT2D eigenvalue weighted by Gasteiger charge is 2.35. The topological polar surface area (TPSA) is 9.23 Å². The Bertz CT molecular complexity index is 399. The Hall–Kier alpha value is -0.813. The van der Waals surface area contributed by atoms with E-state index in [2.05, 4.69) is 0 Å². The van der Waals surface area contributed by atoms with Gasteiger partial charge in [0.1, 0.15) is 0 Å². The second-order valence-corrected chi connectivity index (χ2v) is 8.12. The third kappa shape index (κ3) is 4.94. The van der Waals surface area contributed by atoms with Crippen molar-refractivity contribution in [1.82, 2.24) is 0 Å². The minimum atomic E-state index is -4.03. The highest BCUT2D eigenvalue weighted by Crippen LogP contribution is 2.31. The zero-order valence-corrected chi connectivity index (χ0v) is 13.0. The molecule has 2 rings (SSSR count). The molecule has 1 saturated heterocycles. The Morgan fingerprint density at radius 3 is 2.50 bits per heavy atom. The fraction of sp³-hybridized carbons (Fsp3) is 0.600. The molecular weight excluding hydrogens is 281 g/mol. The second kappa shape index (κ2) is 6.76. The highest BCUT2D eigenvalue weighted by atomic mass is 28.2. The smallest absolute Gasteiger partial charge is 0.379 e. The molecule has 0 aliphatic carbocycles. The molecule has 20 heavy (non-hydrogen) atoms. The van der Waals surface area contributed by atoms with Gasteiger partial charge in [0.05, 0.1) is 14.7 Å². The van der Waals surface area contributed by atoms with Crippen LogP contribution in [0, 0.1) is 0 Å². The van der Waals surface area contributed by atoms with Crippen molar-refractivity contribution in [1.29, 1.82) is 0 Å². The average Bonchev–Trinajstić information content (AvgIpc) is 2.39. The van der Waals surface area contributed by atoms with E-state index in [-0.39, 0.29) is 11.3 Å². The first kappa shape index (κ1) is 15.6. The van der Waals surface area contributed by atoms with Crippen molar-refractivity contribution in [2.24, 2.45) is 0 Å². The summed E-state index contributed by atoms with van der Waals surface area (Å²) < 4.78 is 43.0. The van der Waals surface area contributed by atoms with Crippen LogP contribution in [0.2, 0.25) is 6.04 Å². The minimum Gasteiger partial charge on any atom is -0.379 e. The van der Waals surface area contributed by atoms with Gasteiger partial charge in [-0.3, -0.25) is 0 Å². The third-order valence-electron chi connectivity index (χ3n) is 3.90. The lowest BCUT2D eigenvalue weighted by Gasteiger charge is -2.38. The van der Waals surface area contributed by atoms with Gasteiger partial charge in [0.15, 0.2) is 0 Å². The molecule has 1 unspecified atom stereocenters. The molecule has 0 bridgehead atoms. The SMILES string of the molecule is FC(F)(F)CC[SiH2]C1(Cc2ccccc2)CCCCO1. The molecule has 0 spiro atoms. The highest BCUT2D eigenvalue weighted by molar-refractivity contribution is 6.39. The Balaban J connectivity index is 1.98. The predicted molar refractivity (Wildman–Crippen MR) is 76.7 cm³/mol. The molecule has 0 saturated carbocycles. The lowest BCUT2D eigenvalue weighted by molar-refractivity contribution is -0.130. The van der Waals surface area contributed by atoms with E-state index in [4.69, 9.17) is 4.74 Å². The summed E-state index contributed by atoms with van der Waals surface area (Å²) in [5.41, 5.74) is 1.17. The number of ether oxygens (including phenoxy) is 1. The van der Waals surface area contributed by atoms with Gasteiger partial charge in [0, 0.05) is 13.0 Å². The molecule has 5 heteroatoms. The molecule has 1 aromatic rings. The molecule has 0 N–H and O–H groups in total. The first-order valence-electron chi connectivity index (χ1n) is 7.24. The quantitative estimate of drug-likeness (QED) is 0.754. The summed E-state index contributed by atoms with van der Waals surface area (Å²) >= 11 is 0. The number of alkyl halides is 3. The van der Waals surface area contributed by atoms with Crippen LogP contribution in [0.3, 0.4) is 0 Å². The number of benzene rings is 1. The summed E-state index contributed by atoms with van der Waals surface area (Å²) in [5.74, 6) is 0. The monoisotopic (exact) mass is 302 g/mol. The maximum atomic E-state index is 12.3. The normalized spacial score (nSPS) is 24.4. The molecule has 0 aromatic heterocycles. The number of hydrogen-bond acceptors (Lipinski definition) is 1. The number of rotatable bonds is 5. The van der Waals surface area contributed by atoms with E-state index in [1.807, 2.05) is 30.3 Å². The zero-order valence-electron chi connectivity index (χ0n) is 11.6. The van der Waals surface area contributed by atoms with Crippen LogP contribution in [0.5, 0.6) is 0 Å². The van der Waals surface area contributed by atoms with Crippen molar-refractivity contribution >= 4 is 9.52 Å². The lowest BCUT2D eigenvalue weighted by atomic mass is 10.0. The van der Waals surface area contributed by atoms with Gasteiger partial charge >= 0.3 is 6.18 Å².